The Kier molecular flexibility index (Phi) is 4.13. The Morgan fingerprint density at radius 3 is 2.79 bits per heavy atom. The summed E-state index contributed by atoms with van der Waals surface area (Å²) in [7, 11) is 0. The average molecular weight is 282 g/mol. The second kappa shape index (κ2) is 5.49. The van der Waals surface area contributed by atoms with Crippen molar-refractivity contribution in [2.75, 3.05) is 0 Å². The molecule has 19 heavy (non-hydrogen) atoms. The van der Waals surface area contributed by atoms with Gasteiger partial charge in [-0.2, -0.15) is 0 Å². The summed E-state index contributed by atoms with van der Waals surface area (Å²) in [6.07, 6.45) is 2.75. The Morgan fingerprint density at radius 1 is 1.47 bits per heavy atom. The third-order valence-corrected chi connectivity index (χ3v) is 4.26. The fourth-order valence-corrected chi connectivity index (χ4v) is 3.32. The molecule has 0 saturated heterocycles. The minimum Gasteiger partial charge on any atom is -0.444 e. The molecule has 1 heterocycles. The van der Waals surface area contributed by atoms with Crippen molar-refractivity contribution >= 4 is 17.4 Å². The molecule has 0 unspecified atom stereocenters. The third-order valence-electron chi connectivity index (χ3n) is 3.14. The number of nitrogens with zero attached hydrogens (tertiary/aromatic N) is 1. The zero-order valence-corrected chi connectivity index (χ0v) is 12.8. The molecule has 0 radical (unpaired) electrons. The van der Waals surface area contributed by atoms with Crippen molar-refractivity contribution in [1.29, 1.82) is 0 Å². The number of thiazole rings is 1. The highest BCUT2D eigenvalue weighted by molar-refractivity contribution is 7.09. The molecule has 1 aliphatic rings. The van der Waals surface area contributed by atoms with Crippen molar-refractivity contribution < 1.29 is 9.53 Å². The van der Waals surface area contributed by atoms with Crippen molar-refractivity contribution in [3.8, 4) is 0 Å². The maximum atomic E-state index is 11.7. The van der Waals surface area contributed by atoms with E-state index in [2.05, 4.69) is 15.7 Å². The van der Waals surface area contributed by atoms with Gasteiger partial charge in [0, 0.05) is 23.0 Å². The molecule has 0 aliphatic heterocycles. The van der Waals surface area contributed by atoms with Crippen LogP contribution in [0.25, 0.3) is 0 Å². The molecule has 1 aromatic heterocycles. The molecule has 4 nitrogen and oxygen atoms in total. The number of amides is 1. The van der Waals surface area contributed by atoms with Crippen LogP contribution in [0.1, 0.15) is 56.7 Å². The average Bonchev–Trinajstić information content (AvgIpc) is 2.83. The van der Waals surface area contributed by atoms with Crippen LogP contribution in [-0.2, 0) is 4.74 Å². The largest absolute Gasteiger partial charge is 0.444 e. The molecule has 2 rings (SSSR count). The number of alkyl carbamates (subject to hydrolysis) is 1. The van der Waals surface area contributed by atoms with E-state index in [1.165, 1.54) is 5.01 Å². The van der Waals surface area contributed by atoms with E-state index >= 15 is 0 Å². The van der Waals surface area contributed by atoms with Crippen molar-refractivity contribution in [2.45, 2.75) is 64.5 Å². The van der Waals surface area contributed by atoms with Crippen LogP contribution in [0.2, 0.25) is 0 Å². The first-order valence-corrected chi connectivity index (χ1v) is 7.63. The van der Waals surface area contributed by atoms with Gasteiger partial charge in [0.05, 0.1) is 5.01 Å². The summed E-state index contributed by atoms with van der Waals surface area (Å²) in [5.41, 5.74) is 0.651. The Balaban J connectivity index is 1.84. The molecule has 106 valence electrons. The van der Waals surface area contributed by atoms with Gasteiger partial charge in [-0.1, -0.05) is 0 Å². The summed E-state index contributed by atoms with van der Waals surface area (Å²) in [4.78, 5) is 16.3. The first kappa shape index (κ1) is 14.3. The number of nitrogens with one attached hydrogen (secondary N) is 1. The highest BCUT2D eigenvalue weighted by atomic mass is 32.1. The number of aryl methyl sites for hydroxylation is 1. The van der Waals surface area contributed by atoms with Crippen LogP contribution < -0.4 is 5.32 Å². The van der Waals surface area contributed by atoms with E-state index < -0.39 is 5.60 Å². The van der Waals surface area contributed by atoms with Gasteiger partial charge in [-0.25, -0.2) is 9.78 Å². The fourth-order valence-electron chi connectivity index (χ4n) is 2.37. The van der Waals surface area contributed by atoms with Gasteiger partial charge in [-0.3, -0.25) is 0 Å². The summed E-state index contributed by atoms with van der Waals surface area (Å²) < 4.78 is 5.28. The summed E-state index contributed by atoms with van der Waals surface area (Å²) in [6.45, 7) is 7.65. The molecule has 1 N–H and O–H groups in total. The lowest BCUT2D eigenvalue weighted by molar-refractivity contribution is 0.0505. The molecule has 1 aliphatic carbocycles. The molecular formula is C14H22N2O2S. The molecule has 2 atom stereocenters. The van der Waals surface area contributed by atoms with Crippen LogP contribution >= 0.6 is 11.3 Å². The van der Waals surface area contributed by atoms with Crippen LogP contribution in [0.15, 0.2) is 5.38 Å². The van der Waals surface area contributed by atoms with Crippen molar-refractivity contribution in [2.24, 2.45) is 0 Å². The lowest BCUT2D eigenvalue weighted by atomic mass is 10.1. The first-order valence-electron chi connectivity index (χ1n) is 6.75. The van der Waals surface area contributed by atoms with Crippen molar-refractivity contribution in [3.05, 3.63) is 16.1 Å². The molecule has 1 fully saturated rings. The zero-order valence-electron chi connectivity index (χ0n) is 12.0. The second-order valence-electron chi connectivity index (χ2n) is 6.18. The van der Waals surface area contributed by atoms with Gasteiger partial charge in [0.1, 0.15) is 5.60 Å². The van der Waals surface area contributed by atoms with Crippen molar-refractivity contribution in [1.82, 2.24) is 10.3 Å². The number of hydrogen-bond acceptors (Lipinski definition) is 4. The molecule has 5 heteroatoms. The van der Waals surface area contributed by atoms with Gasteiger partial charge in [0.25, 0.3) is 0 Å². The van der Waals surface area contributed by atoms with E-state index in [-0.39, 0.29) is 12.1 Å². The highest BCUT2D eigenvalue weighted by Crippen LogP contribution is 2.36. The van der Waals surface area contributed by atoms with E-state index in [4.69, 9.17) is 4.74 Å². The smallest absolute Gasteiger partial charge is 0.407 e. The first-order chi connectivity index (χ1) is 8.83. The normalized spacial score (nSPS) is 23.4. The minimum atomic E-state index is -0.436. The molecular weight excluding hydrogens is 260 g/mol. The van der Waals surface area contributed by atoms with E-state index in [0.29, 0.717) is 5.92 Å². The van der Waals surface area contributed by atoms with Crippen LogP contribution in [0.4, 0.5) is 4.79 Å². The lowest BCUT2D eigenvalue weighted by Gasteiger charge is -2.21. The monoisotopic (exact) mass is 282 g/mol. The van der Waals surface area contributed by atoms with E-state index in [1.54, 1.807) is 11.3 Å². The Morgan fingerprint density at radius 2 is 2.21 bits per heavy atom. The lowest BCUT2D eigenvalue weighted by Crippen LogP contribution is -2.37. The van der Waals surface area contributed by atoms with Crippen LogP contribution in [0.5, 0.6) is 0 Å². The van der Waals surface area contributed by atoms with Crippen LogP contribution in [0, 0.1) is 6.92 Å². The number of carbonyl (C=O) groups is 1. The molecule has 0 spiro atoms. The maximum absolute atomic E-state index is 11.7. The predicted molar refractivity (Wildman–Crippen MR) is 76.6 cm³/mol. The fraction of sp³-hybridized carbons (Fsp3) is 0.714. The number of rotatable bonds is 2. The van der Waals surface area contributed by atoms with E-state index in [1.807, 2.05) is 27.7 Å². The molecule has 0 aromatic carbocycles. The summed E-state index contributed by atoms with van der Waals surface area (Å²) in [6, 6.07) is 0.212. The Hall–Kier alpha value is -1.10. The van der Waals surface area contributed by atoms with Gasteiger partial charge in [0.2, 0.25) is 0 Å². The molecule has 1 amide bonds. The van der Waals surface area contributed by atoms with Crippen molar-refractivity contribution in [3.63, 3.8) is 0 Å². The summed E-state index contributed by atoms with van der Waals surface area (Å²) >= 11 is 1.72. The molecule has 1 saturated carbocycles. The van der Waals surface area contributed by atoms with Crippen LogP contribution in [0.3, 0.4) is 0 Å². The SMILES string of the molecule is Cc1csc([C@@H]2CC[C@@H](NC(=O)OC(C)(C)C)C2)n1. The molecule has 0 bridgehead atoms. The number of aromatic nitrogens is 1. The van der Waals surface area contributed by atoms with Gasteiger partial charge in [-0.05, 0) is 47.0 Å². The van der Waals surface area contributed by atoms with Crippen LogP contribution in [-0.4, -0.2) is 22.7 Å². The van der Waals surface area contributed by atoms with E-state index in [0.717, 1.165) is 25.0 Å². The topological polar surface area (TPSA) is 51.2 Å². The predicted octanol–water partition coefficient (Wildman–Crippen LogP) is 3.61. The Bertz CT molecular complexity index is 451. The number of ether oxygens (including phenoxy) is 1. The zero-order chi connectivity index (χ0) is 14.0. The number of hydrogen-bond donors (Lipinski definition) is 1. The van der Waals surface area contributed by atoms with Gasteiger partial charge >= 0.3 is 6.09 Å². The third kappa shape index (κ3) is 4.20. The standard InChI is InChI=1S/C14H22N2O2S/c1-9-8-19-12(15-9)10-5-6-11(7-10)16-13(17)18-14(2,3)4/h8,10-11H,5-7H2,1-4H3,(H,16,17)/t10-,11-/m1/s1. The van der Waals surface area contributed by atoms with Gasteiger partial charge in [-0.15, -0.1) is 11.3 Å². The van der Waals surface area contributed by atoms with Gasteiger partial charge < -0.3 is 10.1 Å². The quantitative estimate of drug-likeness (QED) is 0.901. The Labute approximate surface area is 118 Å². The maximum Gasteiger partial charge on any atom is 0.407 e. The molecule has 1 aromatic rings. The minimum absolute atomic E-state index is 0.212. The summed E-state index contributed by atoms with van der Waals surface area (Å²) in [5, 5.41) is 6.24. The van der Waals surface area contributed by atoms with E-state index in [9.17, 15) is 4.79 Å². The summed E-state index contributed by atoms with van der Waals surface area (Å²) in [5.74, 6) is 0.485. The highest BCUT2D eigenvalue weighted by Gasteiger charge is 2.29. The second-order valence-corrected chi connectivity index (χ2v) is 7.07. The number of carbonyl (C=O) groups excluding carboxylic acids is 1. The van der Waals surface area contributed by atoms with Gasteiger partial charge in [0.15, 0.2) is 0 Å².